The Morgan fingerprint density at radius 2 is 1.53 bits per heavy atom. The lowest BCUT2D eigenvalue weighted by atomic mass is 9.56. The van der Waals surface area contributed by atoms with Crippen LogP contribution in [-0.4, -0.2) is 56.6 Å². The molecule has 6 rings (SSSR count). The number of halogens is 7. The largest absolute Gasteiger partial charge is 0.508 e. The minimum Gasteiger partial charge on any atom is -0.508 e. The van der Waals surface area contributed by atoms with E-state index in [-0.39, 0.29) is 33.8 Å². The second-order valence-corrected chi connectivity index (χ2v) is 12.5. The lowest BCUT2D eigenvalue weighted by molar-refractivity contribution is -0.138. The minimum atomic E-state index is -2.70. The standard InChI is InChI=1S/C29H19Cl2F5N2O7/c1-9-7-10(3-6-14(9)39)16-11-4-5-12-15(24(41)38(23(12)40)27(44)45-2)13(11)8-28(30)25(42)37(26(43)29(16,28)31)22-20(35)18(33)17(32)19(34)21(22)36/h3-4,6-7,12-13,15-16,39H,5,8H2,1-2H3/t12-,13+,15-,16-,28+,29-/m0/s1. The normalized spacial score (nSPS) is 30.7. The number of carbonyl (C=O) groups is 5. The number of amides is 5. The number of nitrogens with zero attached hydrogens (tertiary/aromatic N) is 2. The van der Waals surface area contributed by atoms with Gasteiger partial charge in [0.2, 0.25) is 17.6 Å². The zero-order chi connectivity index (χ0) is 33.1. The number of phenolic OH excluding ortho intramolecular Hbond substituents is 1. The number of imide groups is 4. The van der Waals surface area contributed by atoms with Crippen molar-refractivity contribution in [3.8, 4) is 5.75 Å². The van der Waals surface area contributed by atoms with E-state index < -0.39 is 104 Å². The van der Waals surface area contributed by atoms with Crippen molar-refractivity contribution in [2.75, 3.05) is 12.0 Å². The van der Waals surface area contributed by atoms with Crippen molar-refractivity contribution in [2.24, 2.45) is 17.8 Å². The molecule has 0 unspecified atom stereocenters. The number of hydrogen-bond acceptors (Lipinski definition) is 7. The van der Waals surface area contributed by atoms with Crippen molar-refractivity contribution in [1.29, 1.82) is 0 Å². The molecule has 2 aliphatic carbocycles. The van der Waals surface area contributed by atoms with E-state index in [4.69, 9.17) is 23.2 Å². The molecule has 45 heavy (non-hydrogen) atoms. The number of carbonyl (C=O) groups excluding carboxylic acids is 5. The van der Waals surface area contributed by atoms with Crippen LogP contribution in [0.4, 0.5) is 32.4 Å². The fourth-order valence-electron chi connectivity index (χ4n) is 7.07. The quantitative estimate of drug-likeness (QED) is 0.122. The first-order valence-electron chi connectivity index (χ1n) is 13.3. The lowest BCUT2D eigenvalue weighted by Gasteiger charge is -2.50. The lowest BCUT2D eigenvalue weighted by Crippen LogP contribution is -2.60. The van der Waals surface area contributed by atoms with Gasteiger partial charge in [0.25, 0.3) is 11.8 Å². The van der Waals surface area contributed by atoms with Crippen LogP contribution in [0.15, 0.2) is 29.8 Å². The molecule has 5 amide bonds. The van der Waals surface area contributed by atoms with Gasteiger partial charge >= 0.3 is 6.09 Å². The van der Waals surface area contributed by atoms with Crippen molar-refractivity contribution in [3.63, 3.8) is 0 Å². The highest BCUT2D eigenvalue weighted by atomic mass is 35.5. The number of likely N-dealkylation sites (tertiary alicyclic amines) is 1. The number of aromatic hydroxyl groups is 1. The molecule has 0 radical (unpaired) electrons. The third kappa shape index (κ3) is 3.75. The Morgan fingerprint density at radius 1 is 0.933 bits per heavy atom. The van der Waals surface area contributed by atoms with E-state index in [1.54, 1.807) is 0 Å². The fourth-order valence-corrected chi connectivity index (χ4v) is 8.01. The summed E-state index contributed by atoms with van der Waals surface area (Å²) in [6, 6.07) is 3.91. The molecule has 4 aliphatic rings. The molecule has 3 fully saturated rings. The van der Waals surface area contributed by atoms with Crippen LogP contribution in [0.5, 0.6) is 5.75 Å². The van der Waals surface area contributed by atoms with Crippen molar-refractivity contribution in [3.05, 3.63) is 70.1 Å². The van der Waals surface area contributed by atoms with Crippen LogP contribution in [0.1, 0.15) is 29.9 Å². The molecule has 9 nitrogen and oxygen atoms in total. The van der Waals surface area contributed by atoms with Gasteiger partial charge in [0.15, 0.2) is 33.0 Å². The Kier molecular flexibility index (Phi) is 6.87. The van der Waals surface area contributed by atoms with Gasteiger partial charge in [0.05, 0.1) is 18.9 Å². The summed E-state index contributed by atoms with van der Waals surface area (Å²) in [5.74, 6) is -22.9. The number of rotatable bonds is 2. The van der Waals surface area contributed by atoms with Crippen molar-refractivity contribution >= 4 is 58.6 Å². The average molecular weight is 673 g/mol. The Morgan fingerprint density at radius 3 is 2.11 bits per heavy atom. The molecule has 2 aliphatic heterocycles. The maximum Gasteiger partial charge on any atom is 0.423 e. The van der Waals surface area contributed by atoms with Crippen LogP contribution < -0.4 is 4.90 Å². The van der Waals surface area contributed by atoms with Gasteiger partial charge in [-0.2, -0.15) is 4.90 Å². The fraction of sp³-hybridized carbons (Fsp3) is 0.345. The maximum absolute atomic E-state index is 15.0. The Balaban J connectivity index is 1.60. The number of phenols is 1. The molecule has 236 valence electrons. The number of ether oxygens (including phenoxy) is 1. The summed E-state index contributed by atoms with van der Waals surface area (Å²) in [6.45, 7) is 1.48. The summed E-state index contributed by atoms with van der Waals surface area (Å²) in [4.78, 5) is 61.8. The number of hydrogen-bond donors (Lipinski definition) is 1. The van der Waals surface area contributed by atoms with Crippen LogP contribution in [0.3, 0.4) is 0 Å². The zero-order valence-corrected chi connectivity index (χ0v) is 24.5. The molecule has 6 atom stereocenters. The predicted molar refractivity (Wildman–Crippen MR) is 144 cm³/mol. The van der Waals surface area contributed by atoms with Crippen molar-refractivity contribution in [1.82, 2.24) is 4.90 Å². The van der Waals surface area contributed by atoms with E-state index in [1.165, 1.54) is 31.2 Å². The van der Waals surface area contributed by atoms with Gasteiger partial charge in [-0.1, -0.05) is 23.8 Å². The summed E-state index contributed by atoms with van der Waals surface area (Å²) in [7, 11) is 0.949. The molecule has 0 bridgehead atoms. The van der Waals surface area contributed by atoms with E-state index in [9.17, 15) is 42.3 Å². The van der Waals surface area contributed by atoms with Gasteiger partial charge in [-0.25, -0.2) is 31.6 Å². The van der Waals surface area contributed by atoms with E-state index in [0.717, 1.165) is 7.11 Å². The van der Waals surface area contributed by atoms with E-state index >= 15 is 8.78 Å². The van der Waals surface area contributed by atoms with Crippen LogP contribution in [0.25, 0.3) is 0 Å². The molecule has 1 N–H and O–H groups in total. The van der Waals surface area contributed by atoms with Gasteiger partial charge in [0.1, 0.15) is 11.4 Å². The number of anilines is 1. The minimum absolute atomic E-state index is 0.127. The molecular formula is C29H19Cl2F5N2O7. The number of fused-ring (bicyclic) bond motifs is 4. The maximum atomic E-state index is 15.0. The monoisotopic (exact) mass is 672 g/mol. The van der Waals surface area contributed by atoms with E-state index in [1.807, 2.05) is 0 Å². The molecule has 2 saturated heterocycles. The van der Waals surface area contributed by atoms with Gasteiger partial charge in [0, 0.05) is 5.92 Å². The molecule has 2 aromatic rings. The topological polar surface area (TPSA) is 121 Å². The molecule has 2 aromatic carbocycles. The summed E-state index contributed by atoms with van der Waals surface area (Å²) >= 11 is 14.0. The molecule has 1 saturated carbocycles. The Bertz CT molecular complexity index is 1790. The van der Waals surface area contributed by atoms with E-state index in [2.05, 4.69) is 4.74 Å². The van der Waals surface area contributed by atoms with Gasteiger partial charge < -0.3 is 9.84 Å². The number of methoxy groups -OCH3 is 1. The second-order valence-electron chi connectivity index (χ2n) is 11.2. The van der Waals surface area contributed by atoms with E-state index in [0.29, 0.717) is 4.90 Å². The summed E-state index contributed by atoms with van der Waals surface area (Å²) in [5.41, 5.74) is -1.32. The predicted octanol–water partition coefficient (Wildman–Crippen LogP) is 4.73. The zero-order valence-electron chi connectivity index (χ0n) is 23.0. The smallest absolute Gasteiger partial charge is 0.423 e. The van der Waals surface area contributed by atoms with Gasteiger partial charge in [-0.15, -0.1) is 23.2 Å². The Labute approximate surface area is 260 Å². The van der Waals surface area contributed by atoms with Gasteiger partial charge in [-0.3, -0.25) is 19.2 Å². The van der Waals surface area contributed by atoms with Crippen molar-refractivity contribution < 1.29 is 55.8 Å². The van der Waals surface area contributed by atoms with Crippen molar-refractivity contribution in [2.45, 2.75) is 35.4 Å². The number of allylic oxidation sites excluding steroid dienone is 2. The summed E-state index contributed by atoms with van der Waals surface area (Å²) < 4.78 is 77.1. The molecule has 0 spiro atoms. The third-order valence-corrected chi connectivity index (χ3v) is 10.5. The van der Waals surface area contributed by atoms with Crippen LogP contribution in [-0.2, 0) is 23.9 Å². The number of aryl methyl sites for hydroxylation is 1. The second kappa shape index (κ2) is 9.98. The Hall–Kier alpha value is -4.04. The highest BCUT2D eigenvalue weighted by Crippen LogP contribution is 2.66. The van der Waals surface area contributed by atoms with Gasteiger partial charge in [-0.05, 0) is 42.9 Å². The SMILES string of the molecule is COC(=O)N1C(=O)[C@H]2[C@H](CC=C3[C@H]2C[C@@]2(Cl)C(=O)N(c4c(F)c(F)c(F)c(F)c4F)C(=O)[C@@]2(Cl)[C@H]3c2ccc(O)c(C)c2)C1=O. The molecular weight excluding hydrogens is 654 g/mol. The number of benzene rings is 2. The average Bonchev–Trinajstić information content (AvgIpc) is 3.34. The van der Waals surface area contributed by atoms with Crippen LogP contribution in [0, 0.1) is 53.8 Å². The molecule has 16 heteroatoms. The van der Waals surface area contributed by atoms with Crippen LogP contribution in [0.2, 0.25) is 0 Å². The summed E-state index contributed by atoms with van der Waals surface area (Å²) in [6.07, 6.45) is -0.652. The first kappa shape index (κ1) is 31.0. The first-order valence-corrected chi connectivity index (χ1v) is 14.0. The highest BCUT2D eigenvalue weighted by Gasteiger charge is 2.77. The molecule has 2 heterocycles. The highest BCUT2D eigenvalue weighted by molar-refractivity contribution is 6.58. The summed E-state index contributed by atoms with van der Waals surface area (Å²) in [5, 5.41) is 10.2. The van der Waals surface area contributed by atoms with Crippen LogP contribution >= 0.6 is 23.2 Å². The number of alkyl halides is 2. The molecule has 0 aromatic heterocycles. The third-order valence-electron chi connectivity index (χ3n) is 9.13. The first-order chi connectivity index (χ1) is 21.0.